The second kappa shape index (κ2) is 10.2. The van der Waals surface area contributed by atoms with Crippen LogP contribution in [0.15, 0.2) is 60.7 Å². The highest BCUT2D eigenvalue weighted by molar-refractivity contribution is 5.75. The van der Waals surface area contributed by atoms with E-state index in [2.05, 4.69) is 4.74 Å². The van der Waals surface area contributed by atoms with Crippen LogP contribution in [0.4, 0.5) is 13.2 Å². The zero-order chi connectivity index (χ0) is 20.6. The number of hydrogen-bond acceptors (Lipinski definition) is 4. The minimum Gasteiger partial charge on any atom is -0.453 e. The number of ether oxygens (including phenoxy) is 1. The highest BCUT2D eigenvalue weighted by atomic mass is 19.4. The molecule has 0 spiro atoms. The molecule has 2 rings (SSSR count). The second-order valence-corrected chi connectivity index (χ2v) is 6.66. The van der Waals surface area contributed by atoms with E-state index in [9.17, 15) is 23.1 Å². The molecule has 0 heterocycles. The van der Waals surface area contributed by atoms with Gasteiger partial charge in [0.2, 0.25) is 0 Å². The van der Waals surface area contributed by atoms with Crippen molar-refractivity contribution in [2.75, 3.05) is 0 Å². The molecule has 0 aromatic heterocycles. The Morgan fingerprint density at radius 3 is 2.07 bits per heavy atom. The van der Waals surface area contributed by atoms with E-state index in [1.807, 2.05) is 36.4 Å². The van der Waals surface area contributed by atoms with Gasteiger partial charge in [0.25, 0.3) is 0 Å². The molecular formula is C21H24F3NO3. The predicted molar refractivity (Wildman–Crippen MR) is 99.4 cm³/mol. The molecule has 4 nitrogen and oxygen atoms in total. The number of aryl methyl sites for hydroxylation is 1. The minimum atomic E-state index is -5.12. The molecule has 0 aliphatic carbocycles. The molecular weight excluding hydrogens is 371 g/mol. The first-order valence-corrected chi connectivity index (χ1v) is 9.06. The Kier molecular flexibility index (Phi) is 8.02. The number of nitrogens with two attached hydrogens (primary N) is 1. The van der Waals surface area contributed by atoms with Crippen molar-refractivity contribution in [3.63, 3.8) is 0 Å². The third-order valence-corrected chi connectivity index (χ3v) is 4.42. The van der Waals surface area contributed by atoms with Crippen molar-refractivity contribution in [2.24, 2.45) is 5.73 Å². The first kappa shape index (κ1) is 21.9. The molecule has 3 atom stereocenters. The quantitative estimate of drug-likeness (QED) is 0.639. The van der Waals surface area contributed by atoms with Crippen molar-refractivity contribution in [2.45, 2.75) is 50.1 Å². The molecule has 7 heteroatoms. The average molecular weight is 395 g/mol. The zero-order valence-electron chi connectivity index (χ0n) is 15.3. The Bertz CT molecular complexity index is 723. The van der Waals surface area contributed by atoms with E-state index in [0.717, 1.165) is 11.1 Å². The zero-order valence-corrected chi connectivity index (χ0v) is 15.3. The van der Waals surface area contributed by atoms with E-state index in [0.29, 0.717) is 12.8 Å². The van der Waals surface area contributed by atoms with Crippen LogP contribution in [0.3, 0.4) is 0 Å². The number of aliphatic hydroxyl groups is 1. The summed E-state index contributed by atoms with van der Waals surface area (Å²) in [5.41, 5.74) is 7.83. The van der Waals surface area contributed by atoms with Gasteiger partial charge in [-0.2, -0.15) is 13.2 Å². The van der Waals surface area contributed by atoms with Crippen LogP contribution in [0.2, 0.25) is 0 Å². The van der Waals surface area contributed by atoms with Crippen LogP contribution in [0.1, 0.15) is 24.0 Å². The maximum Gasteiger partial charge on any atom is 0.490 e. The number of rotatable bonds is 9. The number of esters is 1. The number of hydrogen-bond donors (Lipinski definition) is 2. The summed E-state index contributed by atoms with van der Waals surface area (Å²) in [6, 6.07) is 17.5. The summed E-state index contributed by atoms with van der Waals surface area (Å²) in [6.45, 7) is 0. The summed E-state index contributed by atoms with van der Waals surface area (Å²) in [4.78, 5) is 11.3. The number of carbonyl (C=O) groups is 1. The van der Waals surface area contributed by atoms with Gasteiger partial charge in [0.05, 0.1) is 0 Å². The van der Waals surface area contributed by atoms with Crippen molar-refractivity contribution >= 4 is 5.97 Å². The van der Waals surface area contributed by atoms with Gasteiger partial charge >= 0.3 is 12.1 Å². The maximum atomic E-state index is 12.6. The fourth-order valence-corrected chi connectivity index (χ4v) is 2.94. The van der Waals surface area contributed by atoms with Gasteiger partial charge in [0, 0.05) is 6.04 Å². The van der Waals surface area contributed by atoms with Gasteiger partial charge in [-0.05, 0) is 36.8 Å². The van der Waals surface area contributed by atoms with Crippen LogP contribution in [-0.4, -0.2) is 35.5 Å². The lowest BCUT2D eigenvalue weighted by atomic mass is 9.95. The molecule has 0 radical (unpaired) electrons. The third kappa shape index (κ3) is 6.98. The Labute approximate surface area is 162 Å². The number of benzene rings is 2. The first-order chi connectivity index (χ1) is 13.3. The molecule has 0 unspecified atom stereocenters. The molecule has 0 amide bonds. The van der Waals surface area contributed by atoms with Gasteiger partial charge in [0.1, 0.15) is 12.2 Å². The van der Waals surface area contributed by atoms with Crippen molar-refractivity contribution in [1.82, 2.24) is 0 Å². The standard InChI is InChI=1S/C21H24F3NO3/c22-21(23,24)20(27)28-18(13-7-12-15-8-3-1-4-9-15)19(26)17(25)14-16-10-5-2-6-11-16/h1-6,8-11,17-19,26H,7,12-14,25H2/t17-,18+,19+/m0/s1. The predicted octanol–water partition coefficient (Wildman–Crippen LogP) is 3.41. The molecule has 0 aliphatic heterocycles. The molecule has 28 heavy (non-hydrogen) atoms. The average Bonchev–Trinajstić information content (AvgIpc) is 2.67. The lowest BCUT2D eigenvalue weighted by molar-refractivity contribution is -0.210. The van der Waals surface area contributed by atoms with Gasteiger partial charge in [-0.1, -0.05) is 60.7 Å². The summed E-state index contributed by atoms with van der Waals surface area (Å²) < 4.78 is 42.4. The fraction of sp³-hybridized carbons (Fsp3) is 0.381. The second-order valence-electron chi connectivity index (χ2n) is 6.66. The Hall–Kier alpha value is -2.38. The molecule has 3 N–H and O–H groups in total. The molecule has 0 saturated carbocycles. The molecule has 0 aliphatic rings. The number of carbonyl (C=O) groups excluding carboxylic acids is 1. The monoisotopic (exact) mass is 395 g/mol. The van der Waals surface area contributed by atoms with Crippen LogP contribution >= 0.6 is 0 Å². The number of alkyl halides is 3. The van der Waals surface area contributed by atoms with E-state index in [1.54, 1.807) is 24.3 Å². The van der Waals surface area contributed by atoms with Crippen LogP contribution in [0.5, 0.6) is 0 Å². The van der Waals surface area contributed by atoms with Crippen molar-refractivity contribution in [3.8, 4) is 0 Å². The highest BCUT2D eigenvalue weighted by Gasteiger charge is 2.43. The van der Waals surface area contributed by atoms with Crippen LogP contribution < -0.4 is 5.73 Å². The highest BCUT2D eigenvalue weighted by Crippen LogP contribution is 2.22. The molecule has 152 valence electrons. The molecule has 0 fully saturated rings. The summed E-state index contributed by atoms with van der Waals surface area (Å²) in [6.07, 6.45) is -6.53. The topological polar surface area (TPSA) is 72.6 Å². The van der Waals surface area contributed by atoms with Gasteiger partial charge in [-0.25, -0.2) is 4.79 Å². The van der Waals surface area contributed by atoms with Gasteiger partial charge in [0.15, 0.2) is 0 Å². The first-order valence-electron chi connectivity index (χ1n) is 9.06. The maximum absolute atomic E-state index is 12.6. The SMILES string of the molecule is N[C@@H](Cc1ccccc1)[C@@H](O)[C@@H](CCCc1ccccc1)OC(=O)C(F)(F)F. The Balaban J connectivity index is 2.01. The van der Waals surface area contributed by atoms with Gasteiger partial charge in [-0.3, -0.25) is 0 Å². The lowest BCUT2D eigenvalue weighted by Gasteiger charge is -2.28. The summed E-state index contributed by atoms with van der Waals surface area (Å²) in [7, 11) is 0. The Morgan fingerprint density at radius 1 is 1.00 bits per heavy atom. The van der Waals surface area contributed by atoms with Crippen molar-refractivity contribution in [3.05, 3.63) is 71.8 Å². The molecule has 0 saturated heterocycles. The van der Waals surface area contributed by atoms with E-state index in [-0.39, 0.29) is 12.8 Å². The van der Waals surface area contributed by atoms with Crippen molar-refractivity contribution in [1.29, 1.82) is 0 Å². The van der Waals surface area contributed by atoms with E-state index in [1.165, 1.54) is 0 Å². The fourth-order valence-electron chi connectivity index (χ4n) is 2.94. The minimum absolute atomic E-state index is 0.0698. The molecule has 2 aromatic carbocycles. The summed E-state index contributed by atoms with van der Waals surface area (Å²) >= 11 is 0. The van der Waals surface area contributed by atoms with Crippen LogP contribution in [0, 0.1) is 0 Å². The van der Waals surface area contributed by atoms with Crippen LogP contribution in [0.25, 0.3) is 0 Å². The summed E-state index contributed by atoms with van der Waals surface area (Å²) in [5.74, 6) is -2.32. The molecule has 2 aromatic rings. The normalized spacial score (nSPS) is 14.9. The lowest BCUT2D eigenvalue weighted by Crippen LogP contribution is -2.47. The Morgan fingerprint density at radius 2 is 1.54 bits per heavy atom. The van der Waals surface area contributed by atoms with Gasteiger partial charge < -0.3 is 15.6 Å². The molecule has 0 bridgehead atoms. The van der Waals surface area contributed by atoms with Gasteiger partial charge in [-0.15, -0.1) is 0 Å². The van der Waals surface area contributed by atoms with Crippen LogP contribution in [-0.2, 0) is 22.4 Å². The smallest absolute Gasteiger partial charge is 0.453 e. The van der Waals surface area contributed by atoms with E-state index < -0.39 is 30.4 Å². The van der Waals surface area contributed by atoms with E-state index >= 15 is 0 Å². The number of halogens is 3. The third-order valence-electron chi connectivity index (χ3n) is 4.42. The summed E-state index contributed by atoms with van der Waals surface area (Å²) in [5, 5.41) is 10.5. The largest absolute Gasteiger partial charge is 0.490 e. The number of aliphatic hydroxyl groups excluding tert-OH is 1. The van der Waals surface area contributed by atoms with E-state index in [4.69, 9.17) is 5.73 Å². The van der Waals surface area contributed by atoms with Crippen molar-refractivity contribution < 1.29 is 27.8 Å².